The number of nitrogens with zero attached hydrogens (tertiary/aromatic N) is 4. The largest absolute Gasteiger partial charge is 0.481 e. The van der Waals surface area contributed by atoms with Crippen molar-refractivity contribution in [2.75, 3.05) is 0 Å². The highest BCUT2D eigenvalue weighted by Gasteiger charge is 2.32. The third-order valence-corrected chi connectivity index (χ3v) is 6.94. The number of Topliss-reactive ketones (excluding diaryl/α,β-unsaturated/α-hetero) is 1. The second-order valence-electron chi connectivity index (χ2n) is 7.37. The molecule has 0 saturated carbocycles. The third-order valence-electron chi connectivity index (χ3n) is 4.74. The fourth-order valence-corrected chi connectivity index (χ4v) is 4.75. The molecule has 0 aliphatic carbocycles. The molecule has 10 nitrogen and oxygen atoms in total. The molecule has 192 valence electrons. The second-order valence-corrected chi connectivity index (χ2v) is 9.90. The molecule has 3 aromatic rings. The maximum atomic E-state index is 12.7. The van der Waals surface area contributed by atoms with Gasteiger partial charge in [0.15, 0.2) is 11.6 Å². The van der Waals surface area contributed by atoms with Crippen LogP contribution in [-0.2, 0) is 38.8 Å². The summed E-state index contributed by atoms with van der Waals surface area (Å²) in [5, 5.41) is 21.3. The standard InChI is InChI=1S/C20H16Cl2F3N5O5S/c21-14-2-1-3-15(22)13(14)8-18-26-29-30(27-18)10-17(31)16(9-19(32)33)28-36(34,35)12-6-4-11(5-7-12)20(23,24)25/h1-7,16,28H,8-10H2,(H,32,33). The van der Waals surface area contributed by atoms with Gasteiger partial charge >= 0.3 is 12.1 Å². The van der Waals surface area contributed by atoms with Crippen molar-refractivity contribution >= 4 is 45.0 Å². The summed E-state index contributed by atoms with van der Waals surface area (Å²) in [6, 6.07) is 5.58. The van der Waals surface area contributed by atoms with Crippen LogP contribution >= 0.6 is 23.2 Å². The van der Waals surface area contributed by atoms with E-state index in [9.17, 15) is 31.2 Å². The molecule has 36 heavy (non-hydrogen) atoms. The van der Waals surface area contributed by atoms with Crippen molar-refractivity contribution in [1.82, 2.24) is 24.9 Å². The highest BCUT2D eigenvalue weighted by molar-refractivity contribution is 7.89. The maximum Gasteiger partial charge on any atom is 0.416 e. The maximum absolute atomic E-state index is 12.7. The lowest BCUT2D eigenvalue weighted by Gasteiger charge is -2.16. The topological polar surface area (TPSA) is 144 Å². The molecule has 0 fully saturated rings. The minimum absolute atomic E-state index is 0.0752. The van der Waals surface area contributed by atoms with Crippen LogP contribution in [-0.4, -0.2) is 51.5 Å². The molecule has 16 heteroatoms. The van der Waals surface area contributed by atoms with Crippen LogP contribution < -0.4 is 4.72 Å². The lowest BCUT2D eigenvalue weighted by atomic mass is 10.1. The average Bonchev–Trinajstić information content (AvgIpc) is 3.22. The first kappa shape index (κ1) is 27.5. The Hall–Kier alpha value is -3.07. The van der Waals surface area contributed by atoms with Gasteiger partial charge < -0.3 is 5.11 Å². The van der Waals surface area contributed by atoms with Gasteiger partial charge in [-0.15, -0.1) is 10.2 Å². The number of benzene rings is 2. The van der Waals surface area contributed by atoms with E-state index in [1.807, 2.05) is 4.72 Å². The summed E-state index contributed by atoms with van der Waals surface area (Å²) in [7, 11) is -4.55. The molecule has 0 bridgehead atoms. The van der Waals surface area contributed by atoms with E-state index in [1.165, 1.54) is 0 Å². The molecule has 1 heterocycles. The fourth-order valence-electron chi connectivity index (χ4n) is 3.00. The number of carboxylic acid groups (broad SMARTS) is 1. The smallest absolute Gasteiger partial charge is 0.416 e. The van der Waals surface area contributed by atoms with Gasteiger partial charge in [-0.2, -0.15) is 22.7 Å². The van der Waals surface area contributed by atoms with Crippen molar-refractivity contribution < 1.29 is 36.3 Å². The summed E-state index contributed by atoms with van der Waals surface area (Å²) >= 11 is 12.2. The van der Waals surface area contributed by atoms with Crippen molar-refractivity contribution in [3.8, 4) is 0 Å². The summed E-state index contributed by atoms with van der Waals surface area (Å²) in [5.74, 6) is -2.28. The number of rotatable bonds is 10. The molecule has 1 aromatic heterocycles. The number of sulfonamides is 1. The number of ketones is 1. The summed E-state index contributed by atoms with van der Waals surface area (Å²) in [6.45, 7) is -0.642. The van der Waals surface area contributed by atoms with E-state index in [0.29, 0.717) is 39.9 Å². The number of carbonyl (C=O) groups is 2. The van der Waals surface area contributed by atoms with E-state index in [1.54, 1.807) is 18.2 Å². The molecule has 2 aromatic carbocycles. The lowest BCUT2D eigenvalue weighted by Crippen LogP contribution is -2.43. The Bertz CT molecular complexity index is 1360. The number of aromatic nitrogens is 4. The number of hydrogen-bond donors (Lipinski definition) is 2. The highest BCUT2D eigenvalue weighted by atomic mass is 35.5. The Labute approximate surface area is 212 Å². The van der Waals surface area contributed by atoms with Crippen molar-refractivity contribution in [2.24, 2.45) is 0 Å². The monoisotopic (exact) mass is 565 g/mol. The number of halogens is 5. The van der Waals surface area contributed by atoms with Crippen molar-refractivity contribution in [1.29, 1.82) is 0 Å². The molecule has 1 unspecified atom stereocenters. The van der Waals surface area contributed by atoms with E-state index in [4.69, 9.17) is 28.3 Å². The number of aliphatic carboxylic acids is 1. The molecule has 0 aliphatic rings. The van der Waals surface area contributed by atoms with Crippen molar-refractivity contribution in [2.45, 2.75) is 36.5 Å². The number of tetrazole rings is 1. The number of carbonyl (C=O) groups excluding carboxylic acids is 1. The normalized spacial score (nSPS) is 12.9. The molecular formula is C20H16Cl2F3N5O5S. The van der Waals surface area contributed by atoms with Gasteiger partial charge in [-0.1, -0.05) is 29.3 Å². The zero-order valence-corrected chi connectivity index (χ0v) is 20.2. The zero-order valence-electron chi connectivity index (χ0n) is 17.9. The van der Waals surface area contributed by atoms with Crippen LogP contribution in [0.25, 0.3) is 0 Å². The van der Waals surface area contributed by atoms with Crippen LogP contribution in [0.4, 0.5) is 13.2 Å². The highest BCUT2D eigenvalue weighted by Crippen LogP contribution is 2.30. The number of hydrogen-bond acceptors (Lipinski definition) is 7. The number of carboxylic acids is 1. The molecular weight excluding hydrogens is 550 g/mol. The van der Waals surface area contributed by atoms with E-state index in [2.05, 4.69) is 15.4 Å². The minimum Gasteiger partial charge on any atom is -0.481 e. The average molecular weight is 566 g/mol. The van der Waals surface area contributed by atoms with Gasteiger partial charge in [-0.05, 0) is 47.2 Å². The summed E-state index contributed by atoms with van der Waals surface area (Å²) < 4.78 is 65.3. The second kappa shape index (κ2) is 10.9. The van der Waals surface area contributed by atoms with Crippen LogP contribution in [0.5, 0.6) is 0 Å². The fraction of sp³-hybridized carbons (Fsp3) is 0.250. The SMILES string of the molecule is O=C(O)CC(NS(=O)(=O)c1ccc(C(F)(F)F)cc1)C(=O)Cn1nnc(Cc2c(Cl)cccc2Cl)n1. The molecule has 0 saturated heterocycles. The molecule has 1 atom stereocenters. The van der Waals surface area contributed by atoms with Crippen molar-refractivity contribution in [3.05, 3.63) is 69.5 Å². The van der Waals surface area contributed by atoms with Gasteiger partial charge in [-0.3, -0.25) is 9.59 Å². The first-order chi connectivity index (χ1) is 16.8. The van der Waals surface area contributed by atoms with Crippen LogP contribution in [0.15, 0.2) is 47.4 Å². The van der Waals surface area contributed by atoms with Gasteiger partial charge in [0, 0.05) is 16.5 Å². The first-order valence-electron chi connectivity index (χ1n) is 9.90. The minimum atomic E-state index is -4.68. The van der Waals surface area contributed by atoms with E-state index >= 15 is 0 Å². The molecule has 3 rings (SSSR count). The van der Waals surface area contributed by atoms with Gasteiger partial charge in [0.1, 0.15) is 6.54 Å². The molecule has 2 N–H and O–H groups in total. The molecule has 0 spiro atoms. The van der Waals surface area contributed by atoms with Gasteiger partial charge in [0.2, 0.25) is 10.0 Å². The molecule has 0 aliphatic heterocycles. The van der Waals surface area contributed by atoms with E-state index in [-0.39, 0.29) is 12.2 Å². The first-order valence-corrected chi connectivity index (χ1v) is 12.1. The number of alkyl halides is 3. The van der Waals surface area contributed by atoms with Gasteiger partial charge in [0.25, 0.3) is 0 Å². The Morgan fingerprint density at radius 1 is 1.08 bits per heavy atom. The van der Waals surface area contributed by atoms with Crippen LogP contribution in [0, 0.1) is 0 Å². The summed E-state index contributed by atoms with van der Waals surface area (Å²) in [5.41, 5.74) is -0.564. The predicted octanol–water partition coefficient (Wildman–Crippen LogP) is 2.98. The summed E-state index contributed by atoms with van der Waals surface area (Å²) in [6.07, 6.45) is -5.54. The molecule has 0 radical (unpaired) electrons. The van der Waals surface area contributed by atoms with Crippen molar-refractivity contribution in [3.63, 3.8) is 0 Å². The zero-order chi connectivity index (χ0) is 26.7. The van der Waals surface area contributed by atoms with Gasteiger partial charge in [0.05, 0.1) is 22.9 Å². The Morgan fingerprint density at radius 2 is 1.69 bits per heavy atom. The Balaban J connectivity index is 1.75. The quantitative estimate of drug-likeness (QED) is 0.381. The van der Waals surface area contributed by atoms with E-state index in [0.717, 1.165) is 4.80 Å². The summed E-state index contributed by atoms with van der Waals surface area (Å²) in [4.78, 5) is 24.2. The lowest BCUT2D eigenvalue weighted by molar-refractivity contribution is -0.139. The van der Waals surface area contributed by atoms with Crippen LogP contribution in [0.2, 0.25) is 10.0 Å². The van der Waals surface area contributed by atoms with Gasteiger partial charge in [-0.25, -0.2) is 8.42 Å². The predicted molar refractivity (Wildman–Crippen MR) is 120 cm³/mol. The van der Waals surface area contributed by atoms with E-state index < -0.39 is 57.4 Å². The molecule has 0 amide bonds. The van der Waals surface area contributed by atoms with Crippen LogP contribution in [0.1, 0.15) is 23.4 Å². The Kier molecular flexibility index (Phi) is 8.33. The number of nitrogens with one attached hydrogen (secondary N) is 1. The Morgan fingerprint density at radius 3 is 2.25 bits per heavy atom. The van der Waals surface area contributed by atoms with Crippen LogP contribution in [0.3, 0.4) is 0 Å². The third kappa shape index (κ3) is 7.00.